The Morgan fingerprint density at radius 3 is 3.00 bits per heavy atom. The third-order valence-electron chi connectivity index (χ3n) is 2.14. The van der Waals surface area contributed by atoms with Gasteiger partial charge in [-0.25, -0.2) is 4.39 Å². The molecule has 2 aromatic rings. The van der Waals surface area contributed by atoms with Gasteiger partial charge in [0.2, 0.25) is 0 Å². The summed E-state index contributed by atoms with van der Waals surface area (Å²) < 4.78 is 18.0. The Labute approximate surface area is 95.6 Å². The molecule has 1 amide bonds. The molecule has 0 aliphatic heterocycles. The molecule has 0 radical (unpaired) electrons. The minimum atomic E-state index is -0.581. The monoisotopic (exact) mass is 236 g/mol. The van der Waals surface area contributed by atoms with Gasteiger partial charge in [-0.1, -0.05) is 11.2 Å². The van der Waals surface area contributed by atoms with Crippen LogP contribution in [-0.2, 0) is 0 Å². The summed E-state index contributed by atoms with van der Waals surface area (Å²) in [6.07, 6.45) is 0. The fourth-order valence-electron chi connectivity index (χ4n) is 1.26. The van der Waals surface area contributed by atoms with Gasteiger partial charge in [0.15, 0.2) is 0 Å². The fraction of sp³-hybridized carbons (Fsp3) is 0.100. The SMILES string of the molecule is CNC(=O)c1noc(-c2cccc(F)c2N)n1. The number of para-hydroxylation sites is 1. The predicted octanol–water partition coefficient (Wildman–Crippen LogP) is 0.818. The first kappa shape index (κ1) is 11.1. The van der Waals surface area contributed by atoms with Crippen LogP contribution in [0.1, 0.15) is 10.6 Å². The zero-order valence-electron chi connectivity index (χ0n) is 8.90. The molecule has 3 N–H and O–H groups in total. The van der Waals surface area contributed by atoms with Crippen molar-refractivity contribution in [1.29, 1.82) is 0 Å². The third-order valence-corrected chi connectivity index (χ3v) is 2.14. The number of aromatic nitrogens is 2. The minimum Gasteiger partial charge on any atom is -0.396 e. The van der Waals surface area contributed by atoms with E-state index in [0.29, 0.717) is 0 Å². The molecule has 1 aromatic carbocycles. The van der Waals surface area contributed by atoms with Crippen molar-refractivity contribution >= 4 is 11.6 Å². The maximum absolute atomic E-state index is 13.2. The number of hydrogen-bond acceptors (Lipinski definition) is 5. The smallest absolute Gasteiger partial charge is 0.292 e. The van der Waals surface area contributed by atoms with Crippen molar-refractivity contribution < 1.29 is 13.7 Å². The number of anilines is 1. The maximum atomic E-state index is 13.2. The van der Waals surface area contributed by atoms with Crippen LogP contribution in [0, 0.1) is 5.82 Å². The van der Waals surface area contributed by atoms with Gasteiger partial charge in [0.25, 0.3) is 17.6 Å². The molecule has 0 spiro atoms. The highest BCUT2D eigenvalue weighted by Crippen LogP contribution is 2.26. The average molecular weight is 236 g/mol. The Morgan fingerprint density at radius 1 is 1.53 bits per heavy atom. The first-order chi connectivity index (χ1) is 8.13. The third kappa shape index (κ3) is 1.94. The molecule has 6 nitrogen and oxygen atoms in total. The normalized spacial score (nSPS) is 10.2. The molecule has 0 saturated heterocycles. The topological polar surface area (TPSA) is 94.0 Å². The van der Waals surface area contributed by atoms with E-state index < -0.39 is 11.7 Å². The van der Waals surface area contributed by atoms with Gasteiger partial charge in [-0.2, -0.15) is 4.98 Å². The van der Waals surface area contributed by atoms with Crippen LogP contribution in [-0.4, -0.2) is 23.1 Å². The van der Waals surface area contributed by atoms with E-state index in [4.69, 9.17) is 10.3 Å². The van der Waals surface area contributed by atoms with Gasteiger partial charge >= 0.3 is 0 Å². The molecule has 0 bridgehead atoms. The molecule has 17 heavy (non-hydrogen) atoms. The highest BCUT2D eigenvalue weighted by atomic mass is 19.1. The molecule has 0 aliphatic carbocycles. The van der Waals surface area contributed by atoms with E-state index in [1.807, 2.05) is 0 Å². The van der Waals surface area contributed by atoms with Gasteiger partial charge < -0.3 is 15.6 Å². The van der Waals surface area contributed by atoms with Gasteiger partial charge in [0.1, 0.15) is 5.82 Å². The number of carbonyl (C=O) groups is 1. The summed E-state index contributed by atoms with van der Waals surface area (Å²) in [4.78, 5) is 15.0. The number of hydrogen-bond donors (Lipinski definition) is 2. The number of benzene rings is 1. The van der Waals surface area contributed by atoms with E-state index in [1.165, 1.54) is 25.2 Å². The van der Waals surface area contributed by atoms with Gasteiger partial charge in [-0.05, 0) is 12.1 Å². The molecular weight excluding hydrogens is 227 g/mol. The Kier molecular flexibility index (Phi) is 2.73. The molecular formula is C10H9FN4O2. The standard InChI is InChI=1S/C10H9FN4O2/c1-13-9(16)8-14-10(17-15-8)5-3-2-4-6(11)7(5)12/h2-4H,12H2,1H3,(H,13,16). The number of nitrogens with two attached hydrogens (primary N) is 1. The quantitative estimate of drug-likeness (QED) is 0.753. The van der Waals surface area contributed by atoms with Gasteiger partial charge in [-0.15, -0.1) is 0 Å². The molecule has 88 valence electrons. The van der Waals surface area contributed by atoms with Crippen molar-refractivity contribution in [2.75, 3.05) is 12.8 Å². The largest absolute Gasteiger partial charge is 0.396 e. The zero-order valence-corrected chi connectivity index (χ0v) is 8.90. The summed E-state index contributed by atoms with van der Waals surface area (Å²) >= 11 is 0. The molecule has 0 fully saturated rings. The van der Waals surface area contributed by atoms with Gasteiger partial charge in [0, 0.05) is 7.05 Å². The molecule has 0 unspecified atom stereocenters. The van der Waals surface area contributed by atoms with Crippen LogP contribution in [0.25, 0.3) is 11.5 Å². The van der Waals surface area contributed by atoms with Crippen LogP contribution < -0.4 is 11.1 Å². The molecule has 1 aromatic heterocycles. The van der Waals surface area contributed by atoms with E-state index in [-0.39, 0.29) is 23.0 Å². The first-order valence-electron chi connectivity index (χ1n) is 4.73. The Balaban J connectivity index is 2.44. The van der Waals surface area contributed by atoms with Crippen molar-refractivity contribution in [2.24, 2.45) is 0 Å². The second kappa shape index (κ2) is 4.20. The summed E-state index contributed by atoms with van der Waals surface area (Å²) in [6, 6.07) is 4.21. The molecule has 7 heteroatoms. The van der Waals surface area contributed by atoms with Gasteiger partial charge in [-0.3, -0.25) is 4.79 Å². The van der Waals surface area contributed by atoms with Crippen LogP contribution in [0.3, 0.4) is 0 Å². The van der Waals surface area contributed by atoms with E-state index in [0.717, 1.165) is 0 Å². The summed E-state index contributed by atoms with van der Waals surface area (Å²) in [7, 11) is 1.44. The number of carbonyl (C=O) groups excluding carboxylic acids is 1. The van der Waals surface area contributed by atoms with Crippen LogP contribution in [0.5, 0.6) is 0 Å². The highest BCUT2D eigenvalue weighted by Gasteiger charge is 2.17. The Hall–Kier alpha value is -2.44. The van der Waals surface area contributed by atoms with Crippen molar-refractivity contribution in [1.82, 2.24) is 15.5 Å². The second-order valence-corrected chi connectivity index (χ2v) is 3.20. The van der Waals surface area contributed by atoms with Crippen molar-refractivity contribution in [2.45, 2.75) is 0 Å². The minimum absolute atomic E-state index is 0.000556. The van der Waals surface area contributed by atoms with E-state index in [9.17, 15) is 9.18 Å². The summed E-state index contributed by atoms with van der Waals surface area (Å²) in [5.41, 5.74) is 5.69. The number of rotatable bonds is 2. The summed E-state index contributed by atoms with van der Waals surface area (Å²) in [6.45, 7) is 0. The lowest BCUT2D eigenvalue weighted by atomic mass is 10.2. The number of nitrogens with one attached hydrogen (secondary N) is 1. The van der Waals surface area contributed by atoms with Crippen molar-refractivity contribution in [3.05, 3.63) is 29.8 Å². The molecule has 0 saturated carbocycles. The molecule has 0 aliphatic rings. The average Bonchev–Trinajstić information content (AvgIpc) is 2.81. The molecule has 0 atom stereocenters. The number of nitrogen functional groups attached to an aromatic ring is 1. The number of halogens is 1. The van der Waals surface area contributed by atoms with Gasteiger partial charge in [0.05, 0.1) is 11.3 Å². The lowest BCUT2D eigenvalue weighted by molar-refractivity contribution is 0.0950. The summed E-state index contributed by atoms with van der Waals surface area (Å²) in [5, 5.41) is 5.80. The van der Waals surface area contributed by atoms with E-state index in [2.05, 4.69) is 15.5 Å². The van der Waals surface area contributed by atoms with Crippen LogP contribution in [0.15, 0.2) is 22.7 Å². The number of nitrogens with zero attached hydrogens (tertiary/aromatic N) is 2. The lowest BCUT2D eigenvalue weighted by Gasteiger charge is -2.00. The zero-order chi connectivity index (χ0) is 12.4. The van der Waals surface area contributed by atoms with Crippen molar-refractivity contribution in [3.63, 3.8) is 0 Å². The molecule has 1 heterocycles. The second-order valence-electron chi connectivity index (χ2n) is 3.20. The fourth-order valence-corrected chi connectivity index (χ4v) is 1.26. The lowest BCUT2D eigenvalue weighted by Crippen LogP contribution is -2.19. The van der Waals surface area contributed by atoms with Crippen LogP contribution in [0.4, 0.5) is 10.1 Å². The predicted molar refractivity (Wildman–Crippen MR) is 57.5 cm³/mol. The highest BCUT2D eigenvalue weighted by molar-refractivity contribution is 5.90. The number of amides is 1. The van der Waals surface area contributed by atoms with Crippen LogP contribution >= 0.6 is 0 Å². The van der Waals surface area contributed by atoms with E-state index >= 15 is 0 Å². The van der Waals surface area contributed by atoms with Crippen molar-refractivity contribution in [3.8, 4) is 11.5 Å². The maximum Gasteiger partial charge on any atom is 0.292 e. The first-order valence-corrected chi connectivity index (χ1v) is 4.73. The Bertz CT molecular complexity index is 567. The molecule has 2 rings (SSSR count). The summed E-state index contributed by atoms with van der Waals surface area (Å²) in [5.74, 6) is -1.20. The Morgan fingerprint density at radius 2 is 2.29 bits per heavy atom. The van der Waals surface area contributed by atoms with Crippen LogP contribution in [0.2, 0.25) is 0 Å². The van der Waals surface area contributed by atoms with E-state index in [1.54, 1.807) is 0 Å².